The van der Waals surface area contributed by atoms with Gasteiger partial charge in [0.2, 0.25) is 0 Å². The number of carbonyl (C=O) groups is 1. The summed E-state index contributed by atoms with van der Waals surface area (Å²) >= 11 is 1.81. The van der Waals surface area contributed by atoms with Crippen LogP contribution in [0.3, 0.4) is 0 Å². The van der Waals surface area contributed by atoms with Crippen molar-refractivity contribution in [2.45, 2.75) is 12.2 Å². The Balaban J connectivity index is 1.73. The molecule has 3 heteroatoms. The quantitative estimate of drug-likeness (QED) is 0.732. The van der Waals surface area contributed by atoms with E-state index >= 15 is 0 Å². The second kappa shape index (κ2) is 5.21. The lowest BCUT2D eigenvalue weighted by molar-refractivity contribution is -0.140. The van der Waals surface area contributed by atoms with Crippen LogP contribution in [0, 0.1) is 5.92 Å². The zero-order chi connectivity index (χ0) is 10.5. The molecule has 0 bridgehead atoms. The molecule has 1 aliphatic rings. The van der Waals surface area contributed by atoms with Crippen molar-refractivity contribution >= 4 is 17.7 Å². The fraction of sp³-hybridized carbons (Fsp3) is 0.417. The molecule has 1 atom stereocenters. The van der Waals surface area contributed by atoms with E-state index in [0.29, 0.717) is 6.61 Å². The fourth-order valence-electron chi connectivity index (χ4n) is 1.58. The van der Waals surface area contributed by atoms with Crippen molar-refractivity contribution in [1.82, 2.24) is 0 Å². The molecule has 1 aromatic rings. The summed E-state index contributed by atoms with van der Waals surface area (Å²) in [6, 6.07) is 10.3. The van der Waals surface area contributed by atoms with Gasteiger partial charge in [0.1, 0.15) is 0 Å². The van der Waals surface area contributed by atoms with Crippen molar-refractivity contribution in [2.75, 3.05) is 12.4 Å². The topological polar surface area (TPSA) is 26.3 Å². The van der Waals surface area contributed by atoms with Crippen molar-refractivity contribution in [3.05, 3.63) is 35.9 Å². The Morgan fingerprint density at radius 3 is 2.80 bits per heavy atom. The highest BCUT2D eigenvalue weighted by molar-refractivity contribution is 7.98. The second-order valence-corrected chi connectivity index (χ2v) is 4.68. The summed E-state index contributed by atoms with van der Waals surface area (Å²) in [5.74, 6) is 1.97. The average molecular weight is 222 g/mol. The van der Waals surface area contributed by atoms with Gasteiger partial charge >= 0.3 is 5.97 Å². The van der Waals surface area contributed by atoms with E-state index in [9.17, 15) is 4.79 Å². The third kappa shape index (κ3) is 2.99. The van der Waals surface area contributed by atoms with Crippen LogP contribution in [-0.4, -0.2) is 18.3 Å². The molecule has 15 heavy (non-hydrogen) atoms. The predicted molar refractivity (Wildman–Crippen MR) is 61.7 cm³/mol. The molecule has 1 heterocycles. The Labute approximate surface area is 94.0 Å². The smallest absolute Gasteiger partial charge is 0.309 e. The van der Waals surface area contributed by atoms with E-state index in [4.69, 9.17) is 4.74 Å². The number of carbonyl (C=O) groups excluding carboxylic acids is 1. The molecular formula is C12H14O2S. The zero-order valence-corrected chi connectivity index (χ0v) is 9.33. The van der Waals surface area contributed by atoms with Crippen LogP contribution in [0.5, 0.6) is 0 Å². The molecule has 0 N–H and O–H groups in total. The molecule has 1 aliphatic heterocycles. The Kier molecular flexibility index (Phi) is 3.67. The van der Waals surface area contributed by atoms with E-state index in [1.54, 1.807) is 11.8 Å². The van der Waals surface area contributed by atoms with E-state index in [-0.39, 0.29) is 11.9 Å². The van der Waals surface area contributed by atoms with Crippen LogP contribution in [-0.2, 0) is 15.3 Å². The maximum absolute atomic E-state index is 11.2. The summed E-state index contributed by atoms with van der Waals surface area (Å²) in [4.78, 5) is 11.2. The van der Waals surface area contributed by atoms with Gasteiger partial charge in [0, 0.05) is 11.5 Å². The van der Waals surface area contributed by atoms with Crippen LogP contribution >= 0.6 is 11.8 Å². The van der Waals surface area contributed by atoms with Gasteiger partial charge in [-0.2, -0.15) is 11.8 Å². The number of cyclic esters (lactones) is 1. The van der Waals surface area contributed by atoms with E-state index in [1.165, 1.54) is 5.56 Å². The third-order valence-electron chi connectivity index (χ3n) is 2.47. The van der Waals surface area contributed by atoms with Crippen molar-refractivity contribution in [3.63, 3.8) is 0 Å². The minimum Gasteiger partial charge on any atom is -0.465 e. The lowest BCUT2D eigenvalue weighted by atomic mass is 10.1. The number of ether oxygens (including phenoxy) is 1. The van der Waals surface area contributed by atoms with Crippen molar-refractivity contribution < 1.29 is 9.53 Å². The van der Waals surface area contributed by atoms with Gasteiger partial charge in [-0.05, 0) is 12.0 Å². The first-order chi connectivity index (χ1) is 7.36. The number of hydrogen-bond donors (Lipinski definition) is 0. The SMILES string of the molecule is O=C1OCCC1CSCc1ccccc1. The molecule has 0 amide bonds. The predicted octanol–water partition coefficient (Wildman–Crippen LogP) is 2.48. The summed E-state index contributed by atoms with van der Waals surface area (Å²) in [6.07, 6.45) is 0.890. The first-order valence-corrected chi connectivity index (χ1v) is 6.30. The molecule has 0 saturated carbocycles. The molecule has 1 fully saturated rings. The van der Waals surface area contributed by atoms with Gasteiger partial charge in [-0.3, -0.25) is 4.79 Å². The third-order valence-corrected chi connectivity index (χ3v) is 3.65. The van der Waals surface area contributed by atoms with Gasteiger partial charge in [0.15, 0.2) is 0 Å². The Bertz CT molecular complexity index is 324. The molecule has 0 radical (unpaired) electrons. The molecule has 1 aromatic carbocycles. The minimum absolute atomic E-state index is 0.0180. The maximum atomic E-state index is 11.2. The van der Waals surface area contributed by atoms with Gasteiger partial charge in [0.05, 0.1) is 12.5 Å². The minimum atomic E-state index is -0.0180. The molecule has 1 saturated heterocycles. The number of rotatable bonds is 4. The van der Waals surface area contributed by atoms with E-state index in [1.807, 2.05) is 18.2 Å². The van der Waals surface area contributed by atoms with Crippen molar-refractivity contribution in [3.8, 4) is 0 Å². The van der Waals surface area contributed by atoms with E-state index in [2.05, 4.69) is 12.1 Å². The fourth-order valence-corrected chi connectivity index (χ4v) is 2.72. The summed E-state index contributed by atoms with van der Waals surface area (Å²) < 4.78 is 4.92. The Morgan fingerprint density at radius 2 is 2.13 bits per heavy atom. The van der Waals surface area contributed by atoms with Crippen LogP contribution in [0.15, 0.2) is 30.3 Å². The second-order valence-electron chi connectivity index (χ2n) is 3.65. The Hall–Kier alpha value is -0.960. The summed E-state index contributed by atoms with van der Waals surface area (Å²) in [5, 5.41) is 0. The average Bonchev–Trinajstić information content (AvgIpc) is 2.66. The van der Waals surface area contributed by atoms with Gasteiger partial charge in [-0.25, -0.2) is 0 Å². The maximum Gasteiger partial charge on any atom is 0.309 e. The van der Waals surface area contributed by atoms with Crippen LogP contribution in [0.4, 0.5) is 0 Å². The van der Waals surface area contributed by atoms with Crippen LogP contribution in [0.1, 0.15) is 12.0 Å². The lowest BCUT2D eigenvalue weighted by Gasteiger charge is -2.04. The zero-order valence-electron chi connectivity index (χ0n) is 8.52. The number of benzene rings is 1. The number of thioether (sulfide) groups is 1. The van der Waals surface area contributed by atoms with Crippen LogP contribution in [0.25, 0.3) is 0 Å². The highest BCUT2D eigenvalue weighted by Crippen LogP contribution is 2.22. The highest BCUT2D eigenvalue weighted by Gasteiger charge is 2.25. The molecule has 0 aliphatic carbocycles. The van der Waals surface area contributed by atoms with Crippen molar-refractivity contribution in [2.24, 2.45) is 5.92 Å². The van der Waals surface area contributed by atoms with Gasteiger partial charge in [0.25, 0.3) is 0 Å². The number of hydrogen-bond acceptors (Lipinski definition) is 3. The first kappa shape index (κ1) is 10.6. The molecular weight excluding hydrogens is 208 g/mol. The summed E-state index contributed by atoms with van der Waals surface area (Å²) in [7, 11) is 0. The van der Waals surface area contributed by atoms with Gasteiger partial charge in [-0.15, -0.1) is 0 Å². The molecule has 0 aromatic heterocycles. The van der Waals surface area contributed by atoms with Gasteiger partial charge < -0.3 is 4.74 Å². The monoisotopic (exact) mass is 222 g/mol. The largest absolute Gasteiger partial charge is 0.465 e. The standard InChI is InChI=1S/C12H14O2S/c13-12-11(6-7-14-12)9-15-8-10-4-2-1-3-5-10/h1-5,11H,6-9H2. The highest BCUT2D eigenvalue weighted by atomic mass is 32.2. The molecule has 1 unspecified atom stereocenters. The molecule has 2 rings (SSSR count). The van der Waals surface area contributed by atoms with Gasteiger partial charge in [-0.1, -0.05) is 30.3 Å². The molecule has 80 valence electrons. The first-order valence-electron chi connectivity index (χ1n) is 5.14. The van der Waals surface area contributed by atoms with Crippen LogP contribution in [0.2, 0.25) is 0 Å². The normalized spacial score (nSPS) is 20.3. The lowest BCUT2D eigenvalue weighted by Crippen LogP contribution is -2.10. The summed E-state index contributed by atoms with van der Waals surface area (Å²) in [6.45, 7) is 0.607. The van der Waals surface area contributed by atoms with E-state index < -0.39 is 0 Å². The summed E-state index contributed by atoms with van der Waals surface area (Å²) in [5.41, 5.74) is 1.31. The van der Waals surface area contributed by atoms with Crippen LogP contribution < -0.4 is 0 Å². The Morgan fingerprint density at radius 1 is 1.33 bits per heavy atom. The van der Waals surface area contributed by atoms with Crippen molar-refractivity contribution in [1.29, 1.82) is 0 Å². The van der Waals surface area contributed by atoms with E-state index in [0.717, 1.165) is 17.9 Å². The number of esters is 1. The molecule has 2 nitrogen and oxygen atoms in total. The molecule has 0 spiro atoms.